The van der Waals surface area contributed by atoms with Crippen molar-refractivity contribution in [2.45, 2.75) is 20.4 Å². The van der Waals surface area contributed by atoms with E-state index in [9.17, 15) is 4.79 Å². The maximum atomic E-state index is 13.3. The van der Waals surface area contributed by atoms with Gasteiger partial charge in [-0.1, -0.05) is 18.2 Å². The zero-order valence-corrected chi connectivity index (χ0v) is 14.6. The Kier molecular flexibility index (Phi) is 3.57. The van der Waals surface area contributed by atoms with Crippen LogP contribution in [0.3, 0.4) is 0 Å². The molecule has 2 aromatic carbocycles. The van der Waals surface area contributed by atoms with E-state index in [0.717, 1.165) is 28.3 Å². The highest BCUT2D eigenvalue weighted by Gasteiger charge is 2.26. The molecule has 3 aromatic rings. The van der Waals surface area contributed by atoms with Crippen LogP contribution < -0.4 is 10.2 Å². The maximum Gasteiger partial charge on any atom is 0.258 e. The fraction of sp³-hybridized carbons (Fsp3) is 0.200. The second kappa shape index (κ2) is 5.77. The molecule has 5 nitrogen and oxygen atoms in total. The SMILES string of the molecule is Cc1ccc(C(=O)N2Cc3cnn(C)c3Nc3ccccc32)cc1C. The van der Waals surface area contributed by atoms with Crippen LogP contribution >= 0.6 is 0 Å². The van der Waals surface area contributed by atoms with E-state index < -0.39 is 0 Å². The van der Waals surface area contributed by atoms with E-state index in [-0.39, 0.29) is 5.91 Å². The molecule has 1 aliphatic rings. The zero-order valence-electron chi connectivity index (χ0n) is 14.6. The number of nitrogens with zero attached hydrogens (tertiary/aromatic N) is 3. The van der Waals surface area contributed by atoms with Gasteiger partial charge in [-0.3, -0.25) is 9.48 Å². The maximum absolute atomic E-state index is 13.3. The van der Waals surface area contributed by atoms with Crippen LogP contribution in [0.5, 0.6) is 0 Å². The van der Waals surface area contributed by atoms with Gasteiger partial charge in [-0.05, 0) is 49.2 Å². The third-order valence-corrected chi connectivity index (χ3v) is 4.79. The minimum Gasteiger partial charge on any atom is -0.338 e. The molecule has 2 heterocycles. The molecule has 0 bridgehead atoms. The van der Waals surface area contributed by atoms with Gasteiger partial charge in [0, 0.05) is 18.2 Å². The fourth-order valence-electron chi connectivity index (χ4n) is 3.17. The Morgan fingerprint density at radius 3 is 2.72 bits per heavy atom. The molecule has 4 rings (SSSR count). The Balaban J connectivity index is 1.82. The second-order valence-electron chi connectivity index (χ2n) is 6.47. The summed E-state index contributed by atoms with van der Waals surface area (Å²) in [6, 6.07) is 13.7. The molecular weight excluding hydrogens is 312 g/mol. The fourth-order valence-corrected chi connectivity index (χ4v) is 3.17. The van der Waals surface area contributed by atoms with Gasteiger partial charge in [0.1, 0.15) is 5.82 Å². The summed E-state index contributed by atoms with van der Waals surface area (Å²) in [6.07, 6.45) is 1.81. The minimum atomic E-state index is -0.00551. The molecule has 25 heavy (non-hydrogen) atoms. The lowest BCUT2D eigenvalue weighted by Gasteiger charge is -2.23. The number of hydrogen-bond acceptors (Lipinski definition) is 3. The lowest BCUT2D eigenvalue weighted by atomic mass is 10.0. The van der Waals surface area contributed by atoms with Crippen molar-refractivity contribution in [3.8, 4) is 0 Å². The van der Waals surface area contributed by atoms with Crippen LogP contribution in [-0.4, -0.2) is 15.7 Å². The average molecular weight is 332 g/mol. The first kappa shape index (κ1) is 15.4. The molecule has 1 aromatic heterocycles. The lowest BCUT2D eigenvalue weighted by molar-refractivity contribution is 0.0985. The topological polar surface area (TPSA) is 50.2 Å². The predicted molar refractivity (Wildman–Crippen MR) is 99.4 cm³/mol. The molecule has 1 amide bonds. The van der Waals surface area contributed by atoms with Crippen LogP contribution in [0.25, 0.3) is 0 Å². The number of anilines is 3. The number of hydrogen-bond donors (Lipinski definition) is 1. The van der Waals surface area contributed by atoms with Crippen molar-refractivity contribution in [2.75, 3.05) is 10.2 Å². The van der Waals surface area contributed by atoms with E-state index in [1.807, 2.05) is 67.5 Å². The number of benzene rings is 2. The smallest absolute Gasteiger partial charge is 0.258 e. The summed E-state index contributed by atoms with van der Waals surface area (Å²) in [5.74, 6) is 0.914. The Labute approximate surface area is 146 Å². The average Bonchev–Trinajstić information content (AvgIpc) is 2.86. The summed E-state index contributed by atoms with van der Waals surface area (Å²) in [4.78, 5) is 15.1. The van der Waals surface area contributed by atoms with E-state index in [1.165, 1.54) is 5.56 Å². The van der Waals surface area contributed by atoms with Crippen LogP contribution in [-0.2, 0) is 13.6 Å². The van der Waals surface area contributed by atoms with E-state index in [2.05, 4.69) is 17.3 Å². The number of carbonyl (C=O) groups excluding carboxylic acids is 1. The van der Waals surface area contributed by atoms with Crippen molar-refractivity contribution in [3.05, 3.63) is 70.9 Å². The molecule has 1 N–H and O–H groups in total. The van der Waals surface area contributed by atoms with Crippen LogP contribution in [0, 0.1) is 13.8 Å². The number of fused-ring (bicyclic) bond motifs is 2. The molecule has 0 aliphatic carbocycles. The first-order valence-electron chi connectivity index (χ1n) is 8.30. The summed E-state index contributed by atoms with van der Waals surface area (Å²) in [6.45, 7) is 4.57. The summed E-state index contributed by atoms with van der Waals surface area (Å²) in [7, 11) is 1.90. The Hall–Kier alpha value is -3.08. The Bertz CT molecular complexity index is 974. The molecular formula is C20H20N4O. The van der Waals surface area contributed by atoms with Gasteiger partial charge in [0.25, 0.3) is 5.91 Å². The third-order valence-electron chi connectivity index (χ3n) is 4.79. The van der Waals surface area contributed by atoms with Crippen LogP contribution in [0.4, 0.5) is 17.2 Å². The number of aryl methyl sites for hydroxylation is 3. The Morgan fingerprint density at radius 2 is 1.92 bits per heavy atom. The number of para-hydroxylation sites is 2. The largest absolute Gasteiger partial charge is 0.338 e. The number of rotatable bonds is 1. The van der Waals surface area contributed by atoms with Crippen molar-refractivity contribution < 1.29 is 4.79 Å². The van der Waals surface area contributed by atoms with Gasteiger partial charge < -0.3 is 10.2 Å². The lowest BCUT2D eigenvalue weighted by Crippen LogP contribution is -2.30. The van der Waals surface area contributed by atoms with Crippen molar-refractivity contribution >= 4 is 23.1 Å². The molecule has 0 atom stereocenters. The van der Waals surface area contributed by atoms with Gasteiger partial charge in [-0.15, -0.1) is 0 Å². The van der Waals surface area contributed by atoms with Gasteiger partial charge >= 0.3 is 0 Å². The summed E-state index contributed by atoms with van der Waals surface area (Å²) in [5, 5.41) is 7.74. The highest BCUT2D eigenvalue weighted by molar-refractivity contribution is 6.08. The first-order chi connectivity index (χ1) is 12.0. The number of nitrogens with one attached hydrogen (secondary N) is 1. The van der Waals surface area contributed by atoms with Gasteiger partial charge in [-0.2, -0.15) is 5.10 Å². The number of carbonyl (C=O) groups is 1. The molecule has 5 heteroatoms. The van der Waals surface area contributed by atoms with Gasteiger partial charge in [0.15, 0.2) is 0 Å². The molecule has 0 spiro atoms. The highest BCUT2D eigenvalue weighted by atomic mass is 16.2. The van der Waals surface area contributed by atoms with Gasteiger partial charge in [0.2, 0.25) is 0 Å². The van der Waals surface area contributed by atoms with E-state index in [4.69, 9.17) is 0 Å². The molecule has 0 fully saturated rings. The van der Waals surface area contributed by atoms with Gasteiger partial charge in [-0.25, -0.2) is 0 Å². The van der Waals surface area contributed by atoms with Crippen LogP contribution in [0.15, 0.2) is 48.7 Å². The predicted octanol–water partition coefficient (Wildman–Crippen LogP) is 3.94. The summed E-state index contributed by atoms with van der Waals surface area (Å²) < 4.78 is 1.80. The minimum absolute atomic E-state index is 0.00551. The standard InChI is InChI=1S/C20H20N4O/c1-13-8-9-15(10-14(13)2)20(25)24-12-16-11-21-23(3)19(16)22-17-6-4-5-7-18(17)24/h4-11,22H,12H2,1-3H3. The van der Waals surface area contributed by atoms with E-state index in [1.54, 1.807) is 4.68 Å². The summed E-state index contributed by atoms with van der Waals surface area (Å²) in [5.41, 5.74) is 5.78. The molecule has 126 valence electrons. The van der Waals surface area contributed by atoms with Crippen molar-refractivity contribution in [1.29, 1.82) is 0 Å². The molecule has 0 radical (unpaired) electrons. The van der Waals surface area contributed by atoms with Crippen molar-refractivity contribution in [1.82, 2.24) is 9.78 Å². The van der Waals surface area contributed by atoms with Crippen molar-refractivity contribution in [2.24, 2.45) is 7.05 Å². The first-order valence-corrected chi connectivity index (χ1v) is 8.30. The second-order valence-corrected chi connectivity index (χ2v) is 6.47. The van der Waals surface area contributed by atoms with Crippen LogP contribution in [0.2, 0.25) is 0 Å². The van der Waals surface area contributed by atoms with E-state index >= 15 is 0 Å². The number of aromatic nitrogens is 2. The quantitative estimate of drug-likeness (QED) is 0.734. The summed E-state index contributed by atoms with van der Waals surface area (Å²) >= 11 is 0. The van der Waals surface area contributed by atoms with E-state index in [0.29, 0.717) is 12.1 Å². The van der Waals surface area contributed by atoms with Crippen LogP contribution in [0.1, 0.15) is 27.0 Å². The van der Waals surface area contributed by atoms with Gasteiger partial charge in [0.05, 0.1) is 24.1 Å². The third kappa shape index (κ3) is 2.58. The highest BCUT2D eigenvalue weighted by Crippen LogP contribution is 2.36. The molecule has 0 unspecified atom stereocenters. The monoisotopic (exact) mass is 332 g/mol. The van der Waals surface area contributed by atoms with Crippen molar-refractivity contribution in [3.63, 3.8) is 0 Å². The molecule has 0 saturated carbocycles. The molecule has 1 aliphatic heterocycles. The Morgan fingerprint density at radius 1 is 1.12 bits per heavy atom. The zero-order chi connectivity index (χ0) is 17.6. The normalized spacial score (nSPS) is 12.8. The molecule has 0 saturated heterocycles. The number of amides is 1.